The number of likely N-dealkylation sites (N-methyl/N-ethyl adjacent to an activating group) is 1. The molecule has 15 heteroatoms. The summed E-state index contributed by atoms with van der Waals surface area (Å²) in [5, 5.41) is 66.3. The van der Waals surface area contributed by atoms with Gasteiger partial charge in [0.15, 0.2) is 10.4 Å². The lowest BCUT2D eigenvalue weighted by molar-refractivity contribution is -0.299. The van der Waals surface area contributed by atoms with Crippen LogP contribution in [0.3, 0.4) is 0 Å². The van der Waals surface area contributed by atoms with Crippen LogP contribution in [0, 0.1) is 17.8 Å². The fourth-order valence-corrected chi connectivity index (χ4v) is 8.91. The minimum atomic E-state index is -1.89. The summed E-state index contributed by atoms with van der Waals surface area (Å²) in [7, 11) is 3.73. The fourth-order valence-electron chi connectivity index (χ4n) is 8.29. The van der Waals surface area contributed by atoms with Crippen molar-refractivity contribution in [1.82, 2.24) is 15.1 Å². The Kier molecular flexibility index (Phi) is 16.4. The zero-order valence-corrected chi connectivity index (χ0v) is 36.4. The van der Waals surface area contributed by atoms with Gasteiger partial charge < -0.3 is 55.3 Å². The van der Waals surface area contributed by atoms with Crippen molar-refractivity contribution in [2.75, 3.05) is 39.0 Å². The summed E-state index contributed by atoms with van der Waals surface area (Å²) in [6, 6.07) is 12.2. The lowest BCUT2D eigenvalue weighted by Crippen LogP contribution is -2.59. The summed E-state index contributed by atoms with van der Waals surface area (Å²) in [6.45, 7) is 12.9. The first-order chi connectivity index (χ1) is 26.1. The Bertz CT molecular complexity index is 1590. The predicted octanol–water partition coefficient (Wildman–Crippen LogP) is 3.69. The van der Waals surface area contributed by atoms with Gasteiger partial charge in [0.2, 0.25) is 0 Å². The van der Waals surface area contributed by atoms with Crippen molar-refractivity contribution in [3.05, 3.63) is 42.5 Å². The number of rotatable bonds is 8. The maximum absolute atomic E-state index is 13.5. The SMILES string of the molecule is C[C@H]1CN(CCCNC(=O)Nc2cccc3ccccc23)[C@H](C)[C@@H](O)[C@](C)(O)[C@@H](I)OC(=O)[C@H](C)[C@@H](O)[C@H](C)[C@@H](O[C@@H]2O[C@H](C)C[C@H](N(C)C)[C@H]2O)[C@](C)(O)C1. The number of ether oxygens (including phenoxy) is 3. The van der Waals surface area contributed by atoms with Gasteiger partial charge in [0.25, 0.3) is 0 Å². The van der Waals surface area contributed by atoms with Gasteiger partial charge in [0.05, 0.1) is 35.5 Å². The van der Waals surface area contributed by atoms with E-state index >= 15 is 0 Å². The number of fused-ring (bicyclic) bond motifs is 1. The third-order valence-corrected chi connectivity index (χ3v) is 13.1. The number of aliphatic hydroxyl groups is 5. The number of carbonyl (C=O) groups excluding carboxylic acids is 2. The molecule has 316 valence electrons. The van der Waals surface area contributed by atoms with E-state index in [9.17, 15) is 35.1 Å². The van der Waals surface area contributed by atoms with Crippen molar-refractivity contribution >= 4 is 51.1 Å². The van der Waals surface area contributed by atoms with E-state index in [1.807, 2.05) is 80.2 Å². The Labute approximate surface area is 345 Å². The van der Waals surface area contributed by atoms with Gasteiger partial charge in [-0.2, -0.15) is 0 Å². The van der Waals surface area contributed by atoms with E-state index in [4.69, 9.17) is 14.2 Å². The number of nitrogens with one attached hydrogen (secondary N) is 2. The van der Waals surface area contributed by atoms with Gasteiger partial charge in [-0.1, -0.05) is 50.2 Å². The van der Waals surface area contributed by atoms with E-state index in [1.54, 1.807) is 43.4 Å². The van der Waals surface area contributed by atoms with Crippen LogP contribution >= 0.6 is 22.6 Å². The molecule has 7 N–H and O–H groups in total. The molecule has 56 heavy (non-hydrogen) atoms. The van der Waals surface area contributed by atoms with E-state index in [-0.39, 0.29) is 30.5 Å². The van der Waals surface area contributed by atoms with E-state index in [1.165, 1.54) is 13.8 Å². The molecule has 0 unspecified atom stereocenters. The molecule has 2 aromatic carbocycles. The molecule has 0 aliphatic carbocycles. The second kappa shape index (κ2) is 19.7. The number of halogens is 1. The van der Waals surface area contributed by atoms with Crippen LogP contribution in [0.15, 0.2) is 42.5 Å². The molecule has 0 spiro atoms. The predicted molar refractivity (Wildman–Crippen MR) is 223 cm³/mol. The largest absolute Gasteiger partial charge is 0.448 e. The van der Waals surface area contributed by atoms with Crippen LogP contribution in [0.2, 0.25) is 0 Å². The minimum absolute atomic E-state index is 0.166. The number of anilines is 1. The van der Waals surface area contributed by atoms with Crippen molar-refractivity contribution in [3.63, 3.8) is 0 Å². The molecule has 2 amide bonds. The molecule has 2 saturated heterocycles. The lowest BCUT2D eigenvalue weighted by Gasteiger charge is -2.46. The van der Waals surface area contributed by atoms with Gasteiger partial charge in [0, 0.05) is 43.0 Å². The lowest BCUT2D eigenvalue weighted by atomic mass is 9.78. The molecule has 14 nitrogen and oxygen atoms in total. The van der Waals surface area contributed by atoms with Gasteiger partial charge >= 0.3 is 12.0 Å². The van der Waals surface area contributed by atoms with Crippen molar-refractivity contribution < 1.29 is 49.3 Å². The zero-order chi connectivity index (χ0) is 41.7. The van der Waals surface area contributed by atoms with Crippen LogP contribution in [-0.2, 0) is 19.0 Å². The molecule has 0 saturated carbocycles. The zero-order valence-electron chi connectivity index (χ0n) is 34.3. The van der Waals surface area contributed by atoms with Gasteiger partial charge in [-0.15, -0.1) is 0 Å². The average molecular weight is 901 g/mol. The monoisotopic (exact) mass is 900 g/mol. The molecule has 0 bridgehead atoms. The molecular formula is C41H65IN4O10. The summed E-state index contributed by atoms with van der Waals surface area (Å²) >= 11 is 1.79. The van der Waals surface area contributed by atoms with E-state index in [0.717, 1.165) is 10.8 Å². The average Bonchev–Trinajstić information content (AvgIpc) is 3.13. The van der Waals surface area contributed by atoms with Gasteiger partial charge in [0.1, 0.15) is 17.8 Å². The Hall–Kier alpha value is -2.19. The molecule has 2 aliphatic heterocycles. The number of alkyl halides is 1. The number of hydrogen-bond acceptors (Lipinski definition) is 12. The quantitative estimate of drug-likeness (QED) is 0.0882. The van der Waals surface area contributed by atoms with E-state index < -0.39 is 69.9 Å². The maximum atomic E-state index is 13.5. The fraction of sp³-hybridized carbons (Fsp3) is 0.707. The third-order valence-electron chi connectivity index (χ3n) is 11.6. The first-order valence-electron chi connectivity index (χ1n) is 19.7. The Balaban J connectivity index is 1.57. The standard InChI is InChI=1S/C41H65IN4O10/c1-23-21-40(6,52)35(55-37-33(48)31(45(8)9)20-24(2)54-37)25(3)32(47)26(4)36(50)56-38(42)41(7,53)34(49)27(5)46(22-23)19-13-18-43-39(51)44-30-17-12-15-28-14-10-11-16-29(28)30/h10-12,14-17,23-27,31-35,37-38,47-49,52-53H,13,18-22H2,1-9H3,(H2,43,44,51)/t23-,24-,25+,26-,27-,31+,32+,33-,34-,35-,37+,38+,40-,41+/m1/s1. The van der Waals surface area contributed by atoms with Crippen LogP contribution in [0.1, 0.15) is 67.7 Å². The highest BCUT2D eigenvalue weighted by Gasteiger charge is 2.50. The first kappa shape index (κ1) is 46.5. The Morgan fingerprint density at radius 1 is 1.02 bits per heavy atom. The van der Waals surface area contributed by atoms with Crippen LogP contribution < -0.4 is 10.6 Å². The second-order valence-electron chi connectivity index (χ2n) is 16.9. The van der Waals surface area contributed by atoms with Crippen LogP contribution in [0.5, 0.6) is 0 Å². The molecule has 4 rings (SSSR count). The number of urea groups is 1. The normalized spacial score (nSPS) is 38.4. The molecule has 2 aliphatic rings. The maximum Gasteiger partial charge on any atom is 0.319 e. The highest BCUT2D eigenvalue weighted by Crippen LogP contribution is 2.37. The van der Waals surface area contributed by atoms with Crippen molar-refractivity contribution in [2.24, 2.45) is 17.8 Å². The van der Waals surface area contributed by atoms with Crippen molar-refractivity contribution in [2.45, 2.75) is 132 Å². The highest BCUT2D eigenvalue weighted by molar-refractivity contribution is 14.1. The number of cyclic esters (lactones) is 1. The summed E-state index contributed by atoms with van der Waals surface area (Å²) in [5.74, 6) is -2.99. The molecule has 2 heterocycles. The van der Waals surface area contributed by atoms with Crippen molar-refractivity contribution in [3.8, 4) is 0 Å². The molecule has 2 aromatic rings. The minimum Gasteiger partial charge on any atom is -0.448 e. The van der Waals surface area contributed by atoms with Crippen LogP contribution in [-0.4, -0.2) is 145 Å². The number of aliphatic hydroxyl groups excluding tert-OH is 3. The van der Waals surface area contributed by atoms with E-state index in [0.29, 0.717) is 38.2 Å². The number of carbonyl (C=O) groups is 2. The molecule has 14 atom stereocenters. The first-order valence-corrected chi connectivity index (χ1v) is 21.0. The molecule has 2 fully saturated rings. The summed E-state index contributed by atoms with van der Waals surface area (Å²) in [5.41, 5.74) is -2.81. The number of nitrogens with zero attached hydrogens (tertiary/aromatic N) is 2. The van der Waals surface area contributed by atoms with E-state index in [2.05, 4.69) is 10.6 Å². The Morgan fingerprint density at radius 2 is 1.68 bits per heavy atom. The third kappa shape index (κ3) is 11.3. The molecule has 0 radical (unpaired) electrons. The second-order valence-corrected chi connectivity index (χ2v) is 18.0. The highest BCUT2D eigenvalue weighted by atomic mass is 127. The Morgan fingerprint density at radius 3 is 2.36 bits per heavy atom. The van der Waals surface area contributed by atoms with Gasteiger partial charge in [-0.3, -0.25) is 9.69 Å². The topological polar surface area (TPSA) is 194 Å². The summed E-state index contributed by atoms with van der Waals surface area (Å²) in [6.07, 6.45) is -5.06. The summed E-state index contributed by atoms with van der Waals surface area (Å²) < 4.78 is 17.1. The number of amides is 2. The van der Waals surface area contributed by atoms with Gasteiger partial charge in [-0.25, -0.2) is 4.79 Å². The number of benzene rings is 2. The van der Waals surface area contributed by atoms with Crippen molar-refractivity contribution in [1.29, 1.82) is 0 Å². The van der Waals surface area contributed by atoms with Gasteiger partial charge in [-0.05, 0) is 108 Å². The number of hydrogen-bond donors (Lipinski definition) is 7. The summed E-state index contributed by atoms with van der Waals surface area (Å²) in [4.78, 5) is 30.3. The van der Waals surface area contributed by atoms with Crippen LogP contribution in [0.4, 0.5) is 10.5 Å². The molecule has 0 aromatic heterocycles. The number of esters is 1. The van der Waals surface area contributed by atoms with Crippen LogP contribution in [0.25, 0.3) is 10.8 Å². The molecular weight excluding hydrogens is 835 g/mol. The smallest absolute Gasteiger partial charge is 0.319 e.